The first kappa shape index (κ1) is 16.5. The Morgan fingerprint density at radius 2 is 1.71 bits per heavy atom. The lowest BCUT2D eigenvalue weighted by Crippen LogP contribution is -2.36. The Labute approximate surface area is 142 Å². The SMILES string of the molecule is Nc1ccc(C(=O)NCc2ccccc2CN2CCOCC2)cc1. The molecule has 1 fully saturated rings. The number of benzene rings is 2. The molecule has 1 amide bonds. The molecular weight excluding hydrogens is 302 g/mol. The highest BCUT2D eigenvalue weighted by Gasteiger charge is 2.13. The van der Waals surface area contributed by atoms with E-state index in [9.17, 15) is 4.79 Å². The van der Waals surface area contributed by atoms with E-state index in [-0.39, 0.29) is 5.91 Å². The summed E-state index contributed by atoms with van der Waals surface area (Å²) in [7, 11) is 0. The molecule has 0 unspecified atom stereocenters. The van der Waals surface area contributed by atoms with Gasteiger partial charge in [0.25, 0.3) is 5.91 Å². The van der Waals surface area contributed by atoms with Gasteiger partial charge in [-0.1, -0.05) is 24.3 Å². The summed E-state index contributed by atoms with van der Waals surface area (Å²) in [6, 6.07) is 15.2. The molecule has 0 atom stereocenters. The molecule has 5 heteroatoms. The third-order valence-corrected chi connectivity index (χ3v) is 4.23. The molecule has 0 aromatic heterocycles. The van der Waals surface area contributed by atoms with Crippen LogP contribution in [0.4, 0.5) is 5.69 Å². The van der Waals surface area contributed by atoms with Crippen LogP contribution in [0.3, 0.4) is 0 Å². The number of rotatable bonds is 5. The average molecular weight is 325 g/mol. The summed E-state index contributed by atoms with van der Waals surface area (Å²) in [5.41, 5.74) is 9.32. The van der Waals surface area contributed by atoms with Gasteiger partial charge in [-0.25, -0.2) is 0 Å². The Hall–Kier alpha value is -2.37. The van der Waals surface area contributed by atoms with Gasteiger partial charge in [0, 0.05) is 37.4 Å². The fourth-order valence-corrected chi connectivity index (χ4v) is 2.80. The molecule has 5 nitrogen and oxygen atoms in total. The van der Waals surface area contributed by atoms with Gasteiger partial charge >= 0.3 is 0 Å². The van der Waals surface area contributed by atoms with Crippen molar-refractivity contribution in [1.82, 2.24) is 10.2 Å². The van der Waals surface area contributed by atoms with Gasteiger partial charge in [0.2, 0.25) is 0 Å². The van der Waals surface area contributed by atoms with Crippen molar-refractivity contribution in [2.24, 2.45) is 0 Å². The molecule has 1 saturated heterocycles. The third kappa shape index (κ3) is 4.34. The van der Waals surface area contributed by atoms with Crippen molar-refractivity contribution in [1.29, 1.82) is 0 Å². The van der Waals surface area contributed by atoms with Gasteiger partial charge in [-0.05, 0) is 35.4 Å². The number of amides is 1. The number of ether oxygens (including phenoxy) is 1. The molecule has 3 rings (SSSR count). The summed E-state index contributed by atoms with van der Waals surface area (Å²) < 4.78 is 5.40. The zero-order valence-electron chi connectivity index (χ0n) is 13.7. The minimum Gasteiger partial charge on any atom is -0.399 e. The van der Waals surface area contributed by atoms with Gasteiger partial charge in [0.05, 0.1) is 13.2 Å². The third-order valence-electron chi connectivity index (χ3n) is 4.23. The molecule has 0 spiro atoms. The summed E-state index contributed by atoms with van der Waals surface area (Å²) in [4.78, 5) is 14.6. The number of hydrogen-bond acceptors (Lipinski definition) is 4. The van der Waals surface area contributed by atoms with Crippen molar-refractivity contribution in [3.8, 4) is 0 Å². The Balaban J connectivity index is 1.62. The van der Waals surface area contributed by atoms with Crippen LogP contribution < -0.4 is 11.1 Å². The first-order valence-electron chi connectivity index (χ1n) is 8.23. The molecule has 1 aliphatic rings. The molecular formula is C19H23N3O2. The minimum absolute atomic E-state index is 0.0869. The fraction of sp³-hybridized carbons (Fsp3) is 0.316. The van der Waals surface area contributed by atoms with Crippen molar-refractivity contribution < 1.29 is 9.53 Å². The predicted molar refractivity (Wildman–Crippen MR) is 94.6 cm³/mol. The maximum absolute atomic E-state index is 12.3. The van der Waals surface area contributed by atoms with Gasteiger partial charge in [0.1, 0.15) is 0 Å². The van der Waals surface area contributed by atoms with E-state index in [1.165, 1.54) is 5.56 Å². The topological polar surface area (TPSA) is 67.6 Å². The first-order valence-corrected chi connectivity index (χ1v) is 8.23. The molecule has 1 heterocycles. The Kier molecular flexibility index (Phi) is 5.46. The lowest BCUT2D eigenvalue weighted by Gasteiger charge is -2.27. The van der Waals surface area contributed by atoms with Crippen LogP contribution in [0.15, 0.2) is 48.5 Å². The monoisotopic (exact) mass is 325 g/mol. The summed E-state index contributed by atoms with van der Waals surface area (Å²) in [5.74, 6) is -0.0869. The lowest BCUT2D eigenvalue weighted by atomic mass is 10.1. The van der Waals surface area contributed by atoms with E-state index >= 15 is 0 Å². The van der Waals surface area contributed by atoms with Crippen LogP contribution in [0.2, 0.25) is 0 Å². The second-order valence-electron chi connectivity index (χ2n) is 5.96. The quantitative estimate of drug-likeness (QED) is 0.826. The Morgan fingerprint density at radius 3 is 2.42 bits per heavy atom. The zero-order valence-corrected chi connectivity index (χ0v) is 13.7. The van der Waals surface area contributed by atoms with E-state index in [1.807, 2.05) is 12.1 Å². The van der Waals surface area contributed by atoms with E-state index in [0.717, 1.165) is 38.4 Å². The number of nitrogens with zero attached hydrogens (tertiary/aromatic N) is 1. The molecule has 3 N–H and O–H groups in total. The molecule has 0 radical (unpaired) electrons. The minimum atomic E-state index is -0.0869. The highest BCUT2D eigenvalue weighted by Crippen LogP contribution is 2.13. The number of nitrogen functional groups attached to an aromatic ring is 1. The summed E-state index contributed by atoms with van der Waals surface area (Å²) in [6.07, 6.45) is 0. The molecule has 1 aliphatic heterocycles. The van der Waals surface area contributed by atoms with E-state index in [1.54, 1.807) is 24.3 Å². The van der Waals surface area contributed by atoms with Crippen LogP contribution in [-0.2, 0) is 17.8 Å². The first-order chi connectivity index (χ1) is 11.7. The number of carbonyl (C=O) groups is 1. The average Bonchev–Trinajstić information content (AvgIpc) is 2.62. The second-order valence-corrected chi connectivity index (χ2v) is 5.96. The highest BCUT2D eigenvalue weighted by atomic mass is 16.5. The van der Waals surface area contributed by atoms with Crippen molar-refractivity contribution >= 4 is 11.6 Å². The number of hydrogen-bond donors (Lipinski definition) is 2. The molecule has 0 bridgehead atoms. The molecule has 2 aromatic rings. The maximum Gasteiger partial charge on any atom is 0.251 e. The van der Waals surface area contributed by atoms with Crippen molar-refractivity contribution in [2.75, 3.05) is 32.0 Å². The Bertz CT molecular complexity index is 679. The number of carbonyl (C=O) groups excluding carboxylic acids is 1. The summed E-state index contributed by atoms with van der Waals surface area (Å²) in [6.45, 7) is 4.88. The van der Waals surface area contributed by atoms with Crippen LogP contribution in [0.5, 0.6) is 0 Å². The van der Waals surface area contributed by atoms with Crippen molar-refractivity contribution in [3.05, 3.63) is 65.2 Å². The van der Waals surface area contributed by atoms with E-state index in [4.69, 9.17) is 10.5 Å². The predicted octanol–water partition coefficient (Wildman–Crippen LogP) is 2.03. The normalized spacial score (nSPS) is 15.2. The van der Waals surface area contributed by atoms with E-state index in [0.29, 0.717) is 17.8 Å². The molecule has 0 saturated carbocycles. The zero-order chi connectivity index (χ0) is 16.8. The Morgan fingerprint density at radius 1 is 1.04 bits per heavy atom. The largest absolute Gasteiger partial charge is 0.399 e. The van der Waals surface area contributed by atoms with Crippen LogP contribution in [-0.4, -0.2) is 37.1 Å². The molecule has 2 aromatic carbocycles. The number of nitrogens with one attached hydrogen (secondary N) is 1. The van der Waals surface area contributed by atoms with Crippen LogP contribution >= 0.6 is 0 Å². The highest BCUT2D eigenvalue weighted by molar-refractivity contribution is 5.94. The summed E-state index contributed by atoms with van der Waals surface area (Å²) >= 11 is 0. The van der Waals surface area contributed by atoms with Crippen molar-refractivity contribution in [3.63, 3.8) is 0 Å². The standard InChI is InChI=1S/C19H23N3O2/c20-18-7-5-15(6-8-18)19(23)21-13-16-3-1-2-4-17(16)14-22-9-11-24-12-10-22/h1-8H,9-14,20H2,(H,21,23). The van der Waals surface area contributed by atoms with Crippen LogP contribution in [0, 0.1) is 0 Å². The fourth-order valence-electron chi connectivity index (χ4n) is 2.80. The second kappa shape index (κ2) is 7.95. The van der Waals surface area contributed by atoms with Gasteiger partial charge < -0.3 is 15.8 Å². The number of morpholine rings is 1. The van der Waals surface area contributed by atoms with Gasteiger partial charge in [0.15, 0.2) is 0 Å². The van der Waals surface area contributed by atoms with E-state index < -0.39 is 0 Å². The van der Waals surface area contributed by atoms with E-state index in [2.05, 4.69) is 22.3 Å². The smallest absolute Gasteiger partial charge is 0.251 e. The van der Waals surface area contributed by atoms with Gasteiger partial charge in [-0.2, -0.15) is 0 Å². The van der Waals surface area contributed by atoms with Gasteiger partial charge in [-0.15, -0.1) is 0 Å². The van der Waals surface area contributed by atoms with Crippen molar-refractivity contribution in [2.45, 2.75) is 13.1 Å². The van der Waals surface area contributed by atoms with Crippen LogP contribution in [0.1, 0.15) is 21.5 Å². The molecule has 126 valence electrons. The van der Waals surface area contributed by atoms with Crippen LogP contribution in [0.25, 0.3) is 0 Å². The number of nitrogens with two attached hydrogens (primary N) is 1. The number of anilines is 1. The summed E-state index contributed by atoms with van der Waals surface area (Å²) in [5, 5.41) is 2.99. The van der Waals surface area contributed by atoms with Gasteiger partial charge in [-0.3, -0.25) is 9.69 Å². The molecule has 0 aliphatic carbocycles. The lowest BCUT2D eigenvalue weighted by molar-refractivity contribution is 0.0340. The maximum atomic E-state index is 12.3. The molecule has 24 heavy (non-hydrogen) atoms.